The Balaban J connectivity index is 1.91. The number of benzene rings is 1. The maximum absolute atomic E-state index is 11.0. The van der Waals surface area contributed by atoms with Gasteiger partial charge in [-0.3, -0.25) is 0 Å². The van der Waals surface area contributed by atoms with Gasteiger partial charge in [0, 0.05) is 12.1 Å². The summed E-state index contributed by atoms with van der Waals surface area (Å²) >= 11 is 0. The number of piperidine rings is 2. The zero-order valence-corrected chi connectivity index (χ0v) is 11.4. The number of fused-ring (bicyclic) bond motifs is 2. The van der Waals surface area contributed by atoms with E-state index in [1.807, 2.05) is 0 Å². The third-order valence-electron chi connectivity index (χ3n) is 4.79. The maximum Gasteiger partial charge on any atom is 0.0926 e. The van der Waals surface area contributed by atoms with E-state index in [-0.39, 0.29) is 0 Å². The van der Waals surface area contributed by atoms with Gasteiger partial charge in [-0.15, -0.1) is 0 Å². The van der Waals surface area contributed by atoms with Crippen LogP contribution in [0, 0.1) is 13.8 Å². The van der Waals surface area contributed by atoms with Crippen molar-refractivity contribution in [1.82, 2.24) is 5.32 Å². The molecular weight excluding hydrogens is 222 g/mol. The van der Waals surface area contributed by atoms with Crippen LogP contribution in [0.4, 0.5) is 0 Å². The molecule has 0 saturated carbocycles. The molecule has 2 nitrogen and oxygen atoms in total. The van der Waals surface area contributed by atoms with Gasteiger partial charge in [0.15, 0.2) is 0 Å². The zero-order valence-electron chi connectivity index (χ0n) is 11.4. The van der Waals surface area contributed by atoms with Crippen LogP contribution in [0.3, 0.4) is 0 Å². The predicted molar refractivity (Wildman–Crippen MR) is 73.6 cm³/mol. The Morgan fingerprint density at radius 1 is 1.11 bits per heavy atom. The van der Waals surface area contributed by atoms with Gasteiger partial charge in [-0.2, -0.15) is 0 Å². The van der Waals surface area contributed by atoms with Gasteiger partial charge in [0.2, 0.25) is 0 Å². The van der Waals surface area contributed by atoms with Gasteiger partial charge in [-0.25, -0.2) is 0 Å². The van der Waals surface area contributed by atoms with Gasteiger partial charge in [-0.05, 0) is 56.2 Å². The summed E-state index contributed by atoms with van der Waals surface area (Å²) in [5.74, 6) is 0. The van der Waals surface area contributed by atoms with E-state index in [2.05, 4.69) is 37.4 Å². The molecule has 0 amide bonds. The number of hydrogen-bond acceptors (Lipinski definition) is 2. The molecule has 2 heterocycles. The Labute approximate surface area is 109 Å². The fourth-order valence-corrected chi connectivity index (χ4v) is 3.60. The van der Waals surface area contributed by atoms with Gasteiger partial charge in [0.25, 0.3) is 0 Å². The van der Waals surface area contributed by atoms with E-state index in [0.29, 0.717) is 12.1 Å². The quantitative estimate of drug-likeness (QED) is 0.797. The summed E-state index contributed by atoms with van der Waals surface area (Å²) in [5, 5.41) is 14.7. The van der Waals surface area contributed by atoms with Gasteiger partial charge in [0.1, 0.15) is 0 Å². The van der Waals surface area contributed by atoms with Crippen molar-refractivity contribution in [2.24, 2.45) is 0 Å². The first-order chi connectivity index (χ1) is 8.57. The van der Waals surface area contributed by atoms with Crippen molar-refractivity contribution in [3.05, 3.63) is 34.9 Å². The fraction of sp³-hybridized carbons (Fsp3) is 0.625. The molecule has 2 aliphatic heterocycles. The standard InChI is InChI=1S/C16H23NO/c1-11-6-7-13(8-12(11)2)16(18)9-14-4-3-5-15(10-16)17-14/h6-8,14-15,17-18H,3-5,9-10H2,1-2H3. The summed E-state index contributed by atoms with van der Waals surface area (Å²) < 4.78 is 0. The topological polar surface area (TPSA) is 32.3 Å². The molecule has 2 aliphatic rings. The monoisotopic (exact) mass is 245 g/mol. The summed E-state index contributed by atoms with van der Waals surface area (Å²) in [6, 6.07) is 7.44. The molecule has 1 aromatic carbocycles. The summed E-state index contributed by atoms with van der Waals surface area (Å²) in [4.78, 5) is 0. The van der Waals surface area contributed by atoms with E-state index in [0.717, 1.165) is 18.4 Å². The average molecular weight is 245 g/mol. The van der Waals surface area contributed by atoms with Crippen LogP contribution in [-0.2, 0) is 5.60 Å². The number of rotatable bonds is 1. The Morgan fingerprint density at radius 2 is 1.78 bits per heavy atom. The van der Waals surface area contributed by atoms with Gasteiger partial charge in [0.05, 0.1) is 5.60 Å². The lowest BCUT2D eigenvalue weighted by Crippen LogP contribution is -2.54. The van der Waals surface area contributed by atoms with Crippen molar-refractivity contribution in [3.63, 3.8) is 0 Å². The zero-order chi connectivity index (χ0) is 12.8. The molecule has 2 fully saturated rings. The minimum Gasteiger partial charge on any atom is -0.385 e. The average Bonchev–Trinajstić information content (AvgIpc) is 2.32. The van der Waals surface area contributed by atoms with Crippen LogP contribution >= 0.6 is 0 Å². The first kappa shape index (κ1) is 12.2. The maximum atomic E-state index is 11.0. The Hall–Kier alpha value is -0.860. The summed E-state index contributed by atoms with van der Waals surface area (Å²) in [5.41, 5.74) is 3.09. The number of aryl methyl sites for hydroxylation is 2. The van der Waals surface area contributed by atoms with Crippen molar-refractivity contribution in [2.75, 3.05) is 0 Å². The second kappa shape index (κ2) is 4.36. The number of hydrogen-bond donors (Lipinski definition) is 2. The molecule has 0 radical (unpaired) electrons. The van der Waals surface area contributed by atoms with Crippen LogP contribution in [0.5, 0.6) is 0 Å². The van der Waals surface area contributed by atoms with E-state index >= 15 is 0 Å². The highest BCUT2D eigenvalue weighted by molar-refractivity contribution is 5.34. The Morgan fingerprint density at radius 3 is 2.39 bits per heavy atom. The van der Waals surface area contributed by atoms with Gasteiger partial charge < -0.3 is 10.4 Å². The van der Waals surface area contributed by atoms with Crippen LogP contribution in [0.15, 0.2) is 18.2 Å². The second-order valence-corrected chi connectivity index (χ2v) is 6.23. The molecular formula is C16H23NO. The van der Waals surface area contributed by atoms with Crippen LogP contribution in [0.1, 0.15) is 48.8 Å². The van der Waals surface area contributed by atoms with E-state index < -0.39 is 5.60 Å². The molecule has 2 bridgehead atoms. The lowest BCUT2D eigenvalue weighted by molar-refractivity contribution is -0.0359. The molecule has 1 aromatic rings. The molecule has 2 saturated heterocycles. The van der Waals surface area contributed by atoms with Gasteiger partial charge in [-0.1, -0.05) is 24.6 Å². The van der Waals surface area contributed by atoms with Gasteiger partial charge >= 0.3 is 0 Å². The highest BCUT2D eigenvalue weighted by atomic mass is 16.3. The fourth-order valence-electron chi connectivity index (χ4n) is 3.60. The summed E-state index contributed by atoms with van der Waals surface area (Å²) in [7, 11) is 0. The predicted octanol–water partition coefficient (Wildman–Crippen LogP) is 2.80. The number of aliphatic hydroxyl groups is 1. The molecule has 18 heavy (non-hydrogen) atoms. The molecule has 2 N–H and O–H groups in total. The number of nitrogens with one attached hydrogen (secondary N) is 1. The molecule has 0 aromatic heterocycles. The van der Waals surface area contributed by atoms with E-state index in [4.69, 9.17) is 0 Å². The Kier molecular flexibility index (Phi) is 2.95. The SMILES string of the molecule is Cc1ccc(C2(O)CC3CCCC(C2)N3)cc1C. The molecule has 98 valence electrons. The van der Waals surface area contributed by atoms with Crippen LogP contribution in [-0.4, -0.2) is 17.2 Å². The third kappa shape index (κ3) is 2.08. The molecule has 0 aliphatic carbocycles. The Bertz CT molecular complexity index is 442. The van der Waals surface area contributed by atoms with E-state index in [1.54, 1.807) is 0 Å². The molecule has 3 rings (SSSR count). The highest BCUT2D eigenvalue weighted by Crippen LogP contribution is 2.39. The van der Waals surface area contributed by atoms with Crippen molar-refractivity contribution in [3.8, 4) is 0 Å². The molecule has 2 heteroatoms. The van der Waals surface area contributed by atoms with Crippen LogP contribution < -0.4 is 5.32 Å². The van der Waals surface area contributed by atoms with Crippen LogP contribution in [0.25, 0.3) is 0 Å². The molecule has 0 spiro atoms. The highest BCUT2D eigenvalue weighted by Gasteiger charge is 2.41. The summed E-state index contributed by atoms with van der Waals surface area (Å²) in [6.07, 6.45) is 5.47. The lowest BCUT2D eigenvalue weighted by atomic mass is 9.73. The largest absolute Gasteiger partial charge is 0.385 e. The van der Waals surface area contributed by atoms with E-state index in [1.165, 1.54) is 30.4 Å². The van der Waals surface area contributed by atoms with Crippen LogP contribution in [0.2, 0.25) is 0 Å². The normalized spacial score (nSPS) is 35.5. The lowest BCUT2D eigenvalue weighted by Gasteiger charge is -2.45. The van der Waals surface area contributed by atoms with Crippen molar-refractivity contribution in [1.29, 1.82) is 0 Å². The second-order valence-electron chi connectivity index (χ2n) is 6.23. The summed E-state index contributed by atoms with van der Waals surface area (Å²) in [6.45, 7) is 4.25. The molecule has 2 atom stereocenters. The minimum absolute atomic E-state index is 0.504. The molecule has 2 unspecified atom stereocenters. The third-order valence-corrected chi connectivity index (χ3v) is 4.79. The van der Waals surface area contributed by atoms with Crippen molar-refractivity contribution < 1.29 is 5.11 Å². The minimum atomic E-state index is -0.612. The van der Waals surface area contributed by atoms with Crippen molar-refractivity contribution in [2.45, 2.75) is 63.6 Å². The first-order valence-electron chi connectivity index (χ1n) is 7.13. The van der Waals surface area contributed by atoms with E-state index in [9.17, 15) is 5.11 Å². The smallest absolute Gasteiger partial charge is 0.0926 e. The first-order valence-corrected chi connectivity index (χ1v) is 7.13. The van der Waals surface area contributed by atoms with Crippen molar-refractivity contribution >= 4 is 0 Å².